The Balaban J connectivity index is 1.52. The van der Waals surface area contributed by atoms with E-state index in [1.807, 2.05) is 30.3 Å². The standard InChI is InChI=1S/C25H20N4O6/c1-15(30)26-17-9-7-16(8-10-17)22-21-23(35-28(22)19-5-3-2-4-6-19)25(32)27(24(21)31)18-11-13-20(14-12-18)29(33)34/h2-14,21-23H,1H3,(H,26,30)/t21-,22+,23-/m1/s1. The first-order valence-corrected chi connectivity index (χ1v) is 10.9. The lowest BCUT2D eigenvalue weighted by Crippen LogP contribution is -2.37. The van der Waals surface area contributed by atoms with Crippen molar-refractivity contribution in [1.82, 2.24) is 0 Å². The van der Waals surface area contributed by atoms with Gasteiger partial charge in [0.15, 0.2) is 6.10 Å². The zero-order chi connectivity index (χ0) is 24.7. The van der Waals surface area contributed by atoms with Crippen molar-refractivity contribution in [2.24, 2.45) is 5.92 Å². The third-order valence-corrected chi connectivity index (χ3v) is 6.02. The third kappa shape index (κ3) is 3.89. The van der Waals surface area contributed by atoms with Crippen LogP contribution in [0.1, 0.15) is 18.5 Å². The molecule has 0 unspecified atom stereocenters. The Morgan fingerprint density at radius 3 is 2.17 bits per heavy atom. The number of benzene rings is 3. The Kier molecular flexibility index (Phi) is 5.50. The number of carbonyl (C=O) groups is 3. The van der Waals surface area contributed by atoms with Crippen LogP contribution in [0.5, 0.6) is 0 Å². The second kappa shape index (κ2) is 8.65. The highest BCUT2D eigenvalue weighted by Crippen LogP contribution is 2.47. The van der Waals surface area contributed by atoms with E-state index >= 15 is 0 Å². The van der Waals surface area contributed by atoms with E-state index < -0.39 is 34.8 Å². The number of amides is 3. The van der Waals surface area contributed by atoms with E-state index in [0.717, 1.165) is 10.5 Å². The first kappa shape index (κ1) is 22.2. The van der Waals surface area contributed by atoms with Crippen molar-refractivity contribution in [3.8, 4) is 0 Å². The molecule has 1 N–H and O–H groups in total. The minimum absolute atomic E-state index is 0.142. The van der Waals surface area contributed by atoms with E-state index in [0.29, 0.717) is 11.4 Å². The van der Waals surface area contributed by atoms with Crippen molar-refractivity contribution in [1.29, 1.82) is 0 Å². The van der Waals surface area contributed by atoms with Gasteiger partial charge in [-0.1, -0.05) is 30.3 Å². The molecule has 3 atom stereocenters. The highest BCUT2D eigenvalue weighted by atomic mass is 16.7. The maximum absolute atomic E-state index is 13.6. The van der Waals surface area contributed by atoms with Gasteiger partial charge in [0.1, 0.15) is 5.92 Å². The van der Waals surface area contributed by atoms with Crippen molar-refractivity contribution in [2.75, 3.05) is 15.3 Å². The van der Waals surface area contributed by atoms with Gasteiger partial charge in [-0.15, -0.1) is 0 Å². The lowest BCUT2D eigenvalue weighted by molar-refractivity contribution is -0.384. The van der Waals surface area contributed by atoms with Gasteiger partial charge in [0, 0.05) is 24.7 Å². The number of imide groups is 1. The molecule has 0 saturated carbocycles. The normalized spacial score (nSPS) is 21.2. The Morgan fingerprint density at radius 1 is 0.914 bits per heavy atom. The number of para-hydroxylation sites is 1. The largest absolute Gasteiger partial charge is 0.326 e. The summed E-state index contributed by atoms with van der Waals surface area (Å²) in [7, 11) is 0. The van der Waals surface area contributed by atoms with Crippen LogP contribution in [0, 0.1) is 16.0 Å². The summed E-state index contributed by atoms with van der Waals surface area (Å²) < 4.78 is 0. The summed E-state index contributed by atoms with van der Waals surface area (Å²) >= 11 is 0. The van der Waals surface area contributed by atoms with Crippen LogP contribution < -0.4 is 15.3 Å². The fourth-order valence-corrected chi connectivity index (χ4v) is 4.50. The van der Waals surface area contributed by atoms with E-state index in [9.17, 15) is 24.5 Å². The van der Waals surface area contributed by atoms with Crippen LogP contribution >= 0.6 is 0 Å². The molecule has 0 aliphatic carbocycles. The number of hydroxylamine groups is 1. The highest BCUT2D eigenvalue weighted by molar-refractivity contribution is 6.24. The molecule has 2 aliphatic rings. The van der Waals surface area contributed by atoms with Gasteiger partial charge in [-0.25, -0.2) is 9.96 Å². The lowest BCUT2D eigenvalue weighted by Gasteiger charge is -2.28. The summed E-state index contributed by atoms with van der Waals surface area (Å²) in [4.78, 5) is 55.8. The van der Waals surface area contributed by atoms with Gasteiger partial charge in [-0.3, -0.25) is 29.3 Å². The number of anilines is 3. The fourth-order valence-electron chi connectivity index (χ4n) is 4.50. The van der Waals surface area contributed by atoms with Crippen molar-refractivity contribution in [3.63, 3.8) is 0 Å². The Hall–Kier alpha value is -4.57. The first-order valence-electron chi connectivity index (χ1n) is 10.9. The summed E-state index contributed by atoms with van der Waals surface area (Å²) in [6.45, 7) is 1.41. The third-order valence-electron chi connectivity index (χ3n) is 6.02. The molecular weight excluding hydrogens is 452 g/mol. The number of non-ortho nitro benzene ring substituents is 1. The molecule has 0 bridgehead atoms. The van der Waals surface area contributed by atoms with Gasteiger partial charge >= 0.3 is 0 Å². The topological polar surface area (TPSA) is 122 Å². The van der Waals surface area contributed by atoms with Crippen LogP contribution in [0.4, 0.5) is 22.7 Å². The smallest absolute Gasteiger partial charge is 0.269 e. The van der Waals surface area contributed by atoms with Gasteiger partial charge < -0.3 is 5.32 Å². The van der Waals surface area contributed by atoms with Gasteiger partial charge in [-0.2, -0.15) is 0 Å². The molecule has 2 aliphatic heterocycles. The monoisotopic (exact) mass is 472 g/mol. The van der Waals surface area contributed by atoms with E-state index in [1.165, 1.54) is 31.2 Å². The Bertz CT molecular complexity index is 1310. The van der Waals surface area contributed by atoms with Crippen LogP contribution in [0.25, 0.3) is 0 Å². The summed E-state index contributed by atoms with van der Waals surface area (Å²) in [5.41, 5.74) is 2.11. The average Bonchev–Trinajstić information content (AvgIpc) is 3.36. The van der Waals surface area contributed by atoms with E-state index in [1.54, 1.807) is 29.3 Å². The number of fused-ring (bicyclic) bond motifs is 1. The molecule has 2 fully saturated rings. The molecule has 10 nitrogen and oxygen atoms in total. The molecule has 35 heavy (non-hydrogen) atoms. The van der Waals surface area contributed by atoms with Crippen LogP contribution in [-0.4, -0.2) is 28.7 Å². The summed E-state index contributed by atoms with van der Waals surface area (Å²) in [6, 6.07) is 20.8. The van der Waals surface area contributed by atoms with E-state index in [-0.39, 0.29) is 17.3 Å². The van der Waals surface area contributed by atoms with Gasteiger partial charge in [0.05, 0.1) is 22.3 Å². The van der Waals surface area contributed by atoms with Gasteiger partial charge in [-0.05, 0) is 42.0 Å². The average molecular weight is 472 g/mol. The number of hydrogen-bond donors (Lipinski definition) is 1. The minimum atomic E-state index is -1.06. The number of nitrogens with zero attached hydrogens (tertiary/aromatic N) is 3. The quantitative estimate of drug-likeness (QED) is 0.342. The van der Waals surface area contributed by atoms with Crippen molar-refractivity contribution >= 4 is 40.5 Å². The van der Waals surface area contributed by atoms with E-state index in [2.05, 4.69) is 5.32 Å². The SMILES string of the molecule is CC(=O)Nc1ccc([C@H]2[C@H]3C(=O)N(c4ccc([N+](=O)[O-])cc4)C(=O)[C@@H]3ON2c2ccccc2)cc1. The maximum atomic E-state index is 13.6. The predicted octanol–water partition coefficient (Wildman–Crippen LogP) is 3.60. The second-order valence-corrected chi connectivity index (χ2v) is 8.25. The fraction of sp³-hybridized carbons (Fsp3) is 0.160. The zero-order valence-electron chi connectivity index (χ0n) is 18.5. The molecule has 0 radical (unpaired) electrons. The summed E-state index contributed by atoms with van der Waals surface area (Å²) in [5.74, 6) is -2.04. The molecule has 2 saturated heterocycles. The molecule has 0 spiro atoms. The van der Waals surface area contributed by atoms with Crippen molar-refractivity contribution in [2.45, 2.75) is 19.1 Å². The number of hydrogen-bond acceptors (Lipinski definition) is 7. The number of rotatable bonds is 5. The molecular formula is C25H20N4O6. The van der Waals surface area contributed by atoms with Gasteiger partial charge in [0.25, 0.3) is 11.6 Å². The molecule has 3 amide bonds. The predicted molar refractivity (Wildman–Crippen MR) is 126 cm³/mol. The number of nitro benzene ring substituents is 1. The summed E-state index contributed by atoms with van der Waals surface area (Å²) in [5, 5.41) is 15.3. The van der Waals surface area contributed by atoms with Crippen LogP contribution in [0.3, 0.4) is 0 Å². The van der Waals surface area contributed by atoms with Crippen LogP contribution in [-0.2, 0) is 19.2 Å². The van der Waals surface area contributed by atoms with Crippen LogP contribution in [0.2, 0.25) is 0 Å². The molecule has 2 heterocycles. The minimum Gasteiger partial charge on any atom is -0.326 e. The Labute approximate surface area is 199 Å². The van der Waals surface area contributed by atoms with Crippen molar-refractivity contribution in [3.05, 3.63) is 94.5 Å². The molecule has 3 aromatic carbocycles. The lowest BCUT2D eigenvalue weighted by atomic mass is 9.90. The van der Waals surface area contributed by atoms with Crippen LogP contribution in [0.15, 0.2) is 78.9 Å². The van der Waals surface area contributed by atoms with Gasteiger partial charge in [0.2, 0.25) is 11.8 Å². The molecule has 3 aromatic rings. The zero-order valence-corrected chi connectivity index (χ0v) is 18.5. The van der Waals surface area contributed by atoms with Crippen molar-refractivity contribution < 1.29 is 24.1 Å². The Morgan fingerprint density at radius 2 is 1.57 bits per heavy atom. The second-order valence-electron chi connectivity index (χ2n) is 8.25. The van der Waals surface area contributed by atoms with E-state index in [4.69, 9.17) is 4.84 Å². The molecule has 5 rings (SSSR count). The first-order chi connectivity index (χ1) is 16.8. The molecule has 10 heteroatoms. The number of carbonyl (C=O) groups excluding carboxylic acids is 3. The summed E-state index contributed by atoms with van der Waals surface area (Å²) in [6.07, 6.45) is -1.06. The molecule has 0 aromatic heterocycles. The maximum Gasteiger partial charge on any atom is 0.269 e. The number of nitro groups is 1. The highest BCUT2D eigenvalue weighted by Gasteiger charge is 2.60. The number of nitrogens with one attached hydrogen (secondary N) is 1. The molecule has 176 valence electrons.